The van der Waals surface area contributed by atoms with E-state index in [-0.39, 0.29) is 11.1 Å². The van der Waals surface area contributed by atoms with Crippen molar-refractivity contribution in [3.05, 3.63) is 70.5 Å². The fourth-order valence-corrected chi connectivity index (χ4v) is 2.55. The minimum Gasteiger partial charge on any atom is -0.492 e. The van der Waals surface area contributed by atoms with Gasteiger partial charge in [0, 0.05) is 17.0 Å². The van der Waals surface area contributed by atoms with E-state index in [4.69, 9.17) is 9.47 Å². The Bertz CT molecular complexity index is 1040. The van der Waals surface area contributed by atoms with Gasteiger partial charge >= 0.3 is 5.97 Å². The Morgan fingerprint density at radius 3 is 2.63 bits per heavy atom. The number of H-pyrrole nitrogens is 1. The van der Waals surface area contributed by atoms with E-state index in [1.165, 1.54) is 0 Å². The molecular formula is C20H18N2O5. The molecule has 0 aliphatic carbocycles. The molecule has 0 bridgehead atoms. The van der Waals surface area contributed by atoms with Gasteiger partial charge in [-0.05, 0) is 31.2 Å². The number of aromatic amines is 1. The molecule has 0 atom stereocenters. The third-order valence-corrected chi connectivity index (χ3v) is 3.75. The SMILES string of the molecule is CCOc1ccccc1NC(=O)COC(=O)c1cc(=O)c2ccccc2[nH]1. The van der Waals surface area contributed by atoms with E-state index in [0.29, 0.717) is 28.9 Å². The number of carbonyl (C=O) groups is 2. The monoisotopic (exact) mass is 366 g/mol. The topological polar surface area (TPSA) is 97.5 Å². The first-order valence-corrected chi connectivity index (χ1v) is 8.39. The number of ether oxygens (including phenoxy) is 2. The minimum atomic E-state index is -0.786. The lowest BCUT2D eigenvalue weighted by molar-refractivity contribution is -0.119. The molecule has 7 nitrogen and oxygen atoms in total. The second-order valence-corrected chi connectivity index (χ2v) is 5.65. The smallest absolute Gasteiger partial charge is 0.355 e. The molecule has 0 unspecified atom stereocenters. The summed E-state index contributed by atoms with van der Waals surface area (Å²) in [5.74, 6) is -0.775. The number of aromatic nitrogens is 1. The molecule has 0 fully saturated rings. The van der Waals surface area contributed by atoms with Crippen LogP contribution in [0.5, 0.6) is 5.75 Å². The van der Waals surface area contributed by atoms with Gasteiger partial charge in [0.05, 0.1) is 12.3 Å². The molecule has 0 aliphatic heterocycles. The number of nitrogens with one attached hydrogen (secondary N) is 2. The number of benzene rings is 2. The van der Waals surface area contributed by atoms with Crippen molar-refractivity contribution >= 4 is 28.5 Å². The number of hydrogen-bond acceptors (Lipinski definition) is 5. The molecule has 3 rings (SSSR count). The van der Waals surface area contributed by atoms with Crippen molar-refractivity contribution in [3.63, 3.8) is 0 Å². The number of carbonyl (C=O) groups excluding carboxylic acids is 2. The zero-order chi connectivity index (χ0) is 19.2. The van der Waals surface area contributed by atoms with Crippen LogP contribution < -0.4 is 15.5 Å². The Morgan fingerprint density at radius 2 is 1.81 bits per heavy atom. The third-order valence-electron chi connectivity index (χ3n) is 3.75. The number of para-hydroxylation sites is 3. The molecule has 2 N–H and O–H groups in total. The number of amides is 1. The number of hydrogen-bond donors (Lipinski definition) is 2. The number of esters is 1. The average molecular weight is 366 g/mol. The van der Waals surface area contributed by atoms with Crippen molar-refractivity contribution in [1.29, 1.82) is 0 Å². The fourth-order valence-electron chi connectivity index (χ4n) is 2.55. The van der Waals surface area contributed by atoms with E-state index in [9.17, 15) is 14.4 Å². The molecule has 0 saturated carbocycles. The molecule has 2 aromatic carbocycles. The van der Waals surface area contributed by atoms with Crippen LogP contribution in [0.2, 0.25) is 0 Å². The van der Waals surface area contributed by atoms with E-state index in [2.05, 4.69) is 10.3 Å². The lowest BCUT2D eigenvalue weighted by Gasteiger charge is -2.11. The second-order valence-electron chi connectivity index (χ2n) is 5.65. The van der Waals surface area contributed by atoms with Crippen molar-refractivity contribution in [2.24, 2.45) is 0 Å². The minimum absolute atomic E-state index is 0.0128. The van der Waals surface area contributed by atoms with Crippen LogP contribution in [0.1, 0.15) is 17.4 Å². The molecule has 0 aliphatic rings. The van der Waals surface area contributed by atoms with Gasteiger partial charge in [0.2, 0.25) is 0 Å². The van der Waals surface area contributed by atoms with Crippen LogP contribution in [0.25, 0.3) is 10.9 Å². The maximum Gasteiger partial charge on any atom is 0.355 e. The first kappa shape index (κ1) is 18.2. The number of rotatable bonds is 6. The summed E-state index contributed by atoms with van der Waals surface area (Å²) in [6.45, 7) is 1.80. The molecule has 0 saturated heterocycles. The molecule has 27 heavy (non-hydrogen) atoms. The Balaban J connectivity index is 1.66. The van der Waals surface area contributed by atoms with E-state index in [1.807, 2.05) is 6.92 Å². The van der Waals surface area contributed by atoms with Crippen molar-refractivity contribution in [2.75, 3.05) is 18.5 Å². The summed E-state index contributed by atoms with van der Waals surface area (Å²) < 4.78 is 10.4. The van der Waals surface area contributed by atoms with E-state index < -0.39 is 18.5 Å². The van der Waals surface area contributed by atoms with Gasteiger partial charge in [-0.1, -0.05) is 24.3 Å². The number of pyridine rings is 1. The molecule has 138 valence electrons. The largest absolute Gasteiger partial charge is 0.492 e. The van der Waals surface area contributed by atoms with Crippen LogP contribution in [-0.4, -0.2) is 30.1 Å². The standard InChI is InChI=1S/C20H18N2O5/c1-2-26-18-10-6-5-9-15(18)22-19(24)12-27-20(25)16-11-17(23)13-7-3-4-8-14(13)21-16/h3-11H,2,12H2,1H3,(H,21,23)(H,22,24). The van der Waals surface area contributed by atoms with E-state index in [1.54, 1.807) is 48.5 Å². The number of fused-ring (bicyclic) bond motifs is 1. The van der Waals surface area contributed by atoms with Crippen LogP contribution in [0.4, 0.5) is 5.69 Å². The van der Waals surface area contributed by atoms with Gasteiger partial charge in [0.1, 0.15) is 11.4 Å². The predicted molar refractivity (Wildman–Crippen MR) is 101 cm³/mol. The van der Waals surface area contributed by atoms with Crippen LogP contribution in [0.3, 0.4) is 0 Å². The number of anilines is 1. The van der Waals surface area contributed by atoms with Crippen LogP contribution >= 0.6 is 0 Å². The van der Waals surface area contributed by atoms with Crippen molar-refractivity contribution in [2.45, 2.75) is 6.92 Å². The van der Waals surface area contributed by atoms with Crippen molar-refractivity contribution in [3.8, 4) is 5.75 Å². The zero-order valence-corrected chi connectivity index (χ0v) is 14.7. The van der Waals surface area contributed by atoms with Gasteiger partial charge in [0.25, 0.3) is 5.91 Å². The lowest BCUT2D eigenvalue weighted by Crippen LogP contribution is -2.22. The molecule has 1 amide bonds. The summed E-state index contributed by atoms with van der Waals surface area (Å²) in [6.07, 6.45) is 0. The first-order valence-electron chi connectivity index (χ1n) is 8.39. The Labute approximate surface area is 154 Å². The van der Waals surface area contributed by atoms with Crippen LogP contribution in [0, 0.1) is 0 Å². The van der Waals surface area contributed by atoms with Gasteiger partial charge in [-0.25, -0.2) is 4.79 Å². The maximum atomic E-state index is 12.2. The van der Waals surface area contributed by atoms with Crippen molar-refractivity contribution < 1.29 is 19.1 Å². The summed E-state index contributed by atoms with van der Waals surface area (Å²) in [7, 11) is 0. The highest BCUT2D eigenvalue weighted by atomic mass is 16.5. The summed E-state index contributed by atoms with van der Waals surface area (Å²) in [5, 5.41) is 3.10. The molecule has 0 spiro atoms. The van der Waals surface area contributed by atoms with Gasteiger partial charge in [-0.2, -0.15) is 0 Å². The van der Waals surface area contributed by atoms with Crippen molar-refractivity contribution in [1.82, 2.24) is 4.98 Å². The summed E-state index contributed by atoms with van der Waals surface area (Å²) >= 11 is 0. The van der Waals surface area contributed by atoms with Crippen LogP contribution in [-0.2, 0) is 9.53 Å². The molecular weight excluding hydrogens is 348 g/mol. The highest BCUT2D eigenvalue weighted by molar-refractivity contribution is 5.96. The maximum absolute atomic E-state index is 12.2. The quantitative estimate of drug-likeness (QED) is 0.654. The van der Waals surface area contributed by atoms with Crippen LogP contribution in [0.15, 0.2) is 59.4 Å². The average Bonchev–Trinajstić information content (AvgIpc) is 2.68. The summed E-state index contributed by atoms with van der Waals surface area (Å²) in [4.78, 5) is 39.1. The van der Waals surface area contributed by atoms with Gasteiger partial charge < -0.3 is 19.8 Å². The van der Waals surface area contributed by atoms with E-state index in [0.717, 1.165) is 6.07 Å². The molecule has 1 aromatic heterocycles. The highest BCUT2D eigenvalue weighted by Crippen LogP contribution is 2.23. The molecule has 1 heterocycles. The predicted octanol–water partition coefficient (Wildman–Crippen LogP) is 2.72. The summed E-state index contributed by atoms with van der Waals surface area (Å²) in [5.41, 5.74) is 0.694. The van der Waals surface area contributed by atoms with E-state index >= 15 is 0 Å². The highest BCUT2D eigenvalue weighted by Gasteiger charge is 2.14. The lowest BCUT2D eigenvalue weighted by atomic mass is 10.2. The Kier molecular flexibility index (Phi) is 5.51. The zero-order valence-electron chi connectivity index (χ0n) is 14.7. The molecule has 7 heteroatoms. The Morgan fingerprint density at radius 1 is 1.07 bits per heavy atom. The summed E-state index contributed by atoms with van der Waals surface area (Å²) in [6, 6.07) is 14.9. The van der Waals surface area contributed by atoms with Gasteiger partial charge in [-0.15, -0.1) is 0 Å². The second kappa shape index (κ2) is 8.18. The Hall–Kier alpha value is -3.61. The first-order chi connectivity index (χ1) is 13.1. The molecule has 3 aromatic rings. The molecule has 0 radical (unpaired) electrons. The third kappa shape index (κ3) is 4.33. The van der Waals surface area contributed by atoms with Gasteiger partial charge in [-0.3, -0.25) is 9.59 Å². The fraction of sp³-hybridized carbons (Fsp3) is 0.150. The normalized spacial score (nSPS) is 10.4. The van der Waals surface area contributed by atoms with Gasteiger partial charge in [0.15, 0.2) is 12.0 Å².